The van der Waals surface area contributed by atoms with Crippen molar-refractivity contribution >= 4 is 34.2 Å². The van der Waals surface area contributed by atoms with Gasteiger partial charge in [0.05, 0.1) is 23.6 Å². The molecule has 0 aromatic heterocycles. The number of fused-ring (bicyclic) bond motifs is 2. The number of amides is 3. The van der Waals surface area contributed by atoms with Crippen molar-refractivity contribution in [2.75, 3.05) is 37.7 Å². The van der Waals surface area contributed by atoms with Gasteiger partial charge in [0, 0.05) is 38.0 Å². The molecule has 3 heterocycles. The lowest BCUT2D eigenvalue weighted by Crippen LogP contribution is -2.51. The topological polar surface area (TPSA) is 79.0 Å². The Morgan fingerprint density at radius 3 is 2.54 bits per heavy atom. The maximum Gasteiger partial charge on any atom is 0.228 e. The summed E-state index contributed by atoms with van der Waals surface area (Å²) in [6.45, 7) is 2.66. The molecule has 3 aliphatic heterocycles. The second kappa shape index (κ2) is 11.9. The number of carbonyl (C=O) groups excluding carboxylic acids is 3. The molecule has 1 atom stereocenters. The third-order valence-corrected chi connectivity index (χ3v) is 9.23. The maximum absolute atomic E-state index is 13.6. The fourth-order valence-electron chi connectivity index (χ4n) is 6.83. The molecule has 3 aliphatic rings. The van der Waals surface area contributed by atoms with Gasteiger partial charge in [-0.25, -0.2) is 0 Å². The standard InChI is InChI=1S/C34H39N3O4/c38-31-23-27(24-37(31)29-14-7-12-25-9-1-3-13-28(25)29)32(39)36-20-17-34(18-21-36)16-6-5-11-26-10-2-4-15-30(26)41-22-8-19-35-33(34)40/h1-4,7,9-10,12-15,27H,5-6,8,11,16-24H2,(H,35,40). The number of para-hydroxylation sites is 1. The van der Waals surface area contributed by atoms with E-state index in [1.165, 1.54) is 5.56 Å². The molecule has 0 aliphatic carbocycles. The van der Waals surface area contributed by atoms with Crippen LogP contribution in [0.3, 0.4) is 0 Å². The van der Waals surface area contributed by atoms with Crippen LogP contribution in [0, 0.1) is 11.3 Å². The second-order valence-corrected chi connectivity index (χ2v) is 11.8. The second-order valence-electron chi connectivity index (χ2n) is 11.8. The van der Waals surface area contributed by atoms with E-state index in [2.05, 4.69) is 17.4 Å². The van der Waals surface area contributed by atoms with Crippen molar-refractivity contribution in [1.82, 2.24) is 10.2 Å². The summed E-state index contributed by atoms with van der Waals surface area (Å²) >= 11 is 0. The van der Waals surface area contributed by atoms with Gasteiger partial charge in [0.1, 0.15) is 5.75 Å². The van der Waals surface area contributed by atoms with Crippen molar-refractivity contribution in [2.45, 2.75) is 51.4 Å². The number of piperidine rings is 1. The van der Waals surface area contributed by atoms with E-state index in [0.717, 1.165) is 54.3 Å². The summed E-state index contributed by atoms with van der Waals surface area (Å²) in [6, 6.07) is 22.2. The molecular weight excluding hydrogens is 514 g/mol. The highest BCUT2D eigenvalue weighted by molar-refractivity contribution is 6.07. The van der Waals surface area contributed by atoms with Crippen molar-refractivity contribution in [3.8, 4) is 5.75 Å². The number of anilines is 1. The highest BCUT2D eigenvalue weighted by atomic mass is 16.5. The van der Waals surface area contributed by atoms with Gasteiger partial charge in [-0.15, -0.1) is 0 Å². The van der Waals surface area contributed by atoms with Crippen LogP contribution >= 0.6 is 0 Å². The van der Waals surface area contributed by atoms with E-state index >= 15 is 0 Å². The molecule has 1 unspecified atom stereocenters. The van der Waals surface area contributed by atoms with Gasteiger partial charge in [-0.05, 0) is 61.6 Å². The van der Waals surface area contributed by atoms with Crippen LogP contribution in [0.25, 0.3) is 10.8 Å². The summed E-state index contributed by atoms with van der Waals surface area (Å²) in [6.07, 6.45) is 6.00. The molecule has 0 saturated carbocycles. The maximum atomic E-state index is 13.6. The normalized spacial score (nSPS) is 21.8. The fraction of sp³-hybridized carbons (Fsp3) is 0.441. The Morgan fingerprint density at radius 1 is 0.878 bits per heavy atom. The summed E-state index contributed by atoms with van der Waals surface area (Å²) in [5, 5.41) is 5.28. The molecule has 1 spiro atoms. The number of benzene rings is 3. The molecular formula is C34H39N3O4. The van der Waals surface area contributed by atoms with Gasteiger partial charge in [0.15, 0.2) is 0 Å². The van der Waals surface area contributed by atoms with E-state index in [0.29, 0.717) is 45.6 Å². The minimum absolute atomic E-state index is 0.00616. The van der Waals surface area contributed by atoms with E-state index in [-0.39, 0.29) is 30.1 Å². The van der Waals surface area contributed by atoms with Gasteiger partial charge in [-0.1, -0.05) is 61.0 Å². The van der Waals surface area contributed by atoms with Crippen molar-refractivity contribution in [2.24, 2.45) is 11.3 Å². The van der Waals surface area contributed by atoms with Crippen LogP contribution in [-0.4, -0.2) is 55.4 Å². The smallest absolute Gasteiger partial charge is 0.228 e. The van der Waals surface area contributed by atoms with E-state index in [9.17, 15) is 14.4 Å². The number of hydrogen-bond acceptors (Lipinski definition) is 4. The van der Waals surface area contributed by atoms with Crippen molar-refractivity contribution < 1.29 is 19.1 Å². The lowest BCUT2D eigenvalue weighted by Gasteiger charge is -2.41. The lowest BCUT2D eigenvalue weighted by molar-refractivity contribution is -0.143. The molecule has 0 radical (unpaired) electrons. The molecule has 41 heavy (non-hydrogen) atoms. The van der Waals surface area contributed by atoms with Crippen molar-refractivity contribution in [3.63, 3.8) is 0 Å². The van der Waals surface area contributed by atoms with Crippen LogP contribution in [0.15, 0.2) is 66.7 Å². The Morgan fingerprint density at radius 2 is 1.66 bits per heavy atom. The van der Waals surface area contributed by atoms with Crippen molar-refractivity contribution in [1.29, 1.82) is 0 Å². The molecule has 3 aromatic rings. The van der Waals surface area contributed by atoms with Crippen molar-refractivity contribution in [3.05, 3.63) is 72.3 Å². The average molecular weight is 554 g/mol. The predicted molar refractivity (Wildman–Crippen MR) is 160 cm³/mol. The Labute approximate surface area is 241 Å². The number of likely N-dealkylation sites (tertiary alicyclic amines) is 1. The number of nitrogens with zero attached hydrogens (tertiary/aromatic N) is 2. The molecule has 7 nitrogen and oxygen atoms in total. The molecule has 1 N–H and O–H groups in total. The molecule has 6 rings (SSSR count). The van der Waals surface area contributed by atoms with Gasteiger partial charge in [0.25, 0.3) is 0 Å². The highest BCUT2D eigenvalue weighted by Crippen LogP contribution is 2.39. The molecule has 214 valence electrons. The number of nitrogens with one attached hydrogen (secondary N) is 1. The first kappa shape index (κ1) is 27.3. The zero-order valence-corrected chi connectivity index (χ0v) is 23.6. The minimum atomic E-state index is -0.453. The van der Waals surface area contributed by atoms with Crippen LogP contribution in [0.1, 0.15) is 50.5 Å². The monoisotopic (exact) mass is 553 g/mol. The van der Waals surface area contributed by atoms with E-state index < -0.39 is 5.41 Å². The van der Waals surface area contributed by atoms with Crippen LogP contribution in [0.2, 0.25) is 0 Å². The zero-order chi connectivity index (χ0) is 28.2. The van der Waals surface area contributed by atoms with Gasteiger partial charge in [-0.2, -0.15) is 0 Å². The predicted octanol–water partition coefficient (Wildman–Crippen LogP) is 5.11. The third-order valence-electron chi connectivity index (χ3n) is 9.23. The van der Waals surface area contributed by atoms with E-state index in [1.54, 1.807) is 4.90 Å². The number of carbonyl (C=O) groups is 3. The molecule has 2 fully saturated rings. The quantitative estimate of drug-likeness (QED) is 0.478. The van der Waals surface area contributed by atoms with Crippen LogP contribution in [0.5, 0.6) is 5.75 Å². The summed E-state index contributed by atoms with van der Waals surface area (Å²) in [5.41, 5.74) is 1.64. The zero-order valence-electron chi connectivity index (χ0n) is 23.6. The molecule has 3 aromatic carbocycles. The summed E-state index contributed by atoms with van der Waals surface area (Å²) in [4.78, 5) is 43.9. The molecule has 7 heteroatoms. The number of aryl methyl sites for hydroxylation is 1. The summed E-state index contributed by atoms with van der Waals surface area (Å²) in [5.74, 6) is 0.733. The Balaban J connectivity index is 1.10. The first-order chi connectivity index (χ1) is 20.0. The largest absolute Gasteiger partial charge is 0.493 e. The number of hydrogen-bond donors (Lipinski definition) is 1. The number of ether oxygens (including phenoxy) is 1. The van der Waals surface area contributed by atoms with Crippen LogP contribution in [0.4, 0.5) is 5.69 Å². The van der Waals surface area contributed by atoms with E-state index in [1.807, 2.05) is 59.5 Å². The molecule has 0 bridgehead atoms. The Hall–Kier alpha value is -3.87. The SMILES string of the molecule is O=C(C1CC(=O)N(c2cccc3ccccc23)C1)N1CCC2(CCCCc3ccccc3OCCCNC2=O)CC1. The summed E-state index contributed by atoms with van der Waals surface area (Å²) in [7, 11) is 0. The average Bonchev–Trinajstić information content (AvgIpc) is 3.40. The number of rotatable bonds is 2. The Bertz CT molecular complexity index is 1420. The molecule has 2 saturated heterocycles. The minimum Gasteiger partial charge on any atom is -0.493 e. The van der Waals surface area contributed by atoms with Crippen LogP contribution < -0.4 is 15.0 Å². The van der Waals surface area contributed by atoms with E-state index in [4.69, 9.17) is 4.74 Å². The Kier molecular flexibility index (Phi) is 7.95. The fourth-order valence-corrected chi connectivity index (χ4v) is 6.83. The first-order valence-electron chi connectivity index (χ1n) is 15.1. The highest BCUT2D eigenvalue weighted by Gasteiger charge is 2.44. The first-order valence-corrected chi connectivity index (χ1v) is 15.1. The van der Waals surface area contributed by atoms with Gasteiger partial charge < -0.3 is 19.9 Å². The lowest BCUT2D eigenvalue weighted by atomic mass is 9.73. The van der Waals surface area contributed by atoms with Crippen LogP contribution in [-0.2, 0) is 20.8 Å². The third kappa shape index (κ3) is 5.67. The molecule has 3 amide bonds. The van der Waals surface area contributed by atoms with Gasteiger partial charge in [-0.3, -0.25) is 14.4 Å². The van der Waals surface area contributed by atoms with Gasteiger partial charge in [0.2, 0.25) is 17.7 Å². The summed E-state index contributed by atoms with van der Waals surface area (Å²) < 4.78 is 6.00. The van der Waals surface area contributed by atoms with Gasteiger partial charge >= 0.3 is 0 Å².